The first-order valence-electron chi connectivity index (χ1n) is 8.14. The van der Waals surface area contributed by atoms with Crippen LogP contribution in [0.3, 0.4) is 0 Å². The van der Waals surface area contributed by atoms with Crippen molar-refractivity contribution in [1.82, 2.24) is 15.1 Å². The number of thiophene rings is 1. The van der Waals surface area contributed by atoms with Crippen LogP contribution >= 0.6 is 22.9 Å². The van der Waals surface area contributed by atoms with E-state index >= 15 is 0 Å². The van der Waals surface area contributed by atoms with Gasteiger partial charge in [0.05, 0.1) is 9.88 Å². The van der Waals surface area contributed by atoms with E-state index in [4.69, 9.17) is 11.6 Å². The summed E-state index contributed by atoms with van der Waals surface area (Å²) in [6.45, 7) is 7.59. The average Bonchev–Trinajstić information content (AvgIpc) is 3.17. The van der Waals surface area contributed by atoms with Crippen molar-refractivity contribution in [2.75, 3.05) is 32.7 Å². The summed E-state index contributed by atoms with van der Waals surface area (Å²) < 4.78 is 0.848. The van der Waals surface area contributed by atoms with Crippen LogP contribution in [0.15, 0.2) is 12.1 Å². The standard InChI is InChI=1S/C16H24ClN3OS/c1-2-16(6-3-7-18-16)15(21)20-10-8-19(9-11-20)12-13-4-5-14(17)22-13/h4-5,18H,2-3,6-12H2,1H3. The van der Waals surface area contributed by atoms with Crippen molar-refractivity contribution in [1.29, 1.82) is 0 Å². The van der Waals surface area contributed by atoms with E-state index in [2.05, 4.69) is 28.1 Å². The molecule has 4 nitrogen and oxygen atoms in total. The molecule has 2 aliphatic heterocycles. The molecule has 1 aromatic heterocycles. The molecule has 1 unspecified atom stereocenters. The molecule has 22 heavy (non-hydrogen) atoms. The molecule has 3 heterocycles. The van der Waals surface area contributed by atoms with Gasteiger partial charge in [0.25, 0.3) is 0 Å². The summed E-state index contributed by atoms with van der Waals surface area (Å²) in [5.41, 5.74) is -0.288. The van der Waals surface area contributed by atoms with Crippen molar-refractivity contribution in [3.63, 3.8) is 0 Å². The van der Waals surface area contributed by atoms with Gasteiger partial charge in [-0.3, -0.25) is 9.69 Å². The number of halogens is 1. The molecule has 2 aliphatic rings. The summed E-state index contributed by atoms with van der Waals surface area (Å²) in [5.74, 6) is 0.311. The third kappa shape index (κ3) is 3.32. The fraction of sp³-hybridized carbons (Fsp3) is 0.688. The quantitative estimate of drug-likeness (QED) is 0.914. The second-order valence-corrected chi connectivity index (χ2v) is 8.04. The first-order valence-corrected chi connectivity index (χ1v) is 9.33. The Morgan fingerprint density at radius 2 is 2.14 bits per heavy atom. The van der Waals surface area contributed by atoms with E-state index in [-0.39, 0.29) is 5.54 Å². The van der Waals surface area contributed by atoms with E-state index in [1.54, 1.807) is 11.3 Å². The molecule has 0 saturated carbocycles. The number of piperazine rings is 1. The normalized spacial score (nSPS) is 26.5. The molecule has 1 aromatic rings. The maximum Gasteiger partial charge on any atom is 0.242 e. The Bertz CT molecular complexity index is 519. The van der Waals surface area contributed by atoms with Gasteiger partial charge in [-0.2, -0.15) is 0 Å². The van der Waals surface area contributed by atoms with Gasteiger partial charge in [-0.05, 0) is 37.9 Å². The van der Waals surface area contributed by atoms with Gasteiger partial charge in [0.2, 0.25) is 5.91 Å². The highest BCUT2D eigenvalue weighted by atomic mass is 35.5. The van der Waals surface area contributed by atoms with Crippen molar-refractivity contribution in [3.05, 3.63) is 21.3 Å². The number of nitrogens with one attached hydrogen (secondary N) is 1. The molecule has 1 atom stereocenters. The Morgan fingerprint density at radius 1 is 1.36 bits per heavy atom. The third-order valence-electron chi connectivity index (χ3n) is 4.92. The fourth-order valence-corrected chi connectivity index (χ4v) is 4.64. The van der Waals surface area contributed by atoms with E-state index in [1.165, 1.54) is 4.88 Å². The Hall–Kier alpha value is -0.620. The van der Waals surface area contributed by atoms with Gasteiger partial charge in [0.1, 0.15) is 0 Å². The molecule has 0 spiro atoms. The minimum Gasteiger partial charge on any atom is -0.339 e. The van der Waals surface area contributed by atoms with Crippen LogP contribution in [0.25, 0.3) is 0 Å². The SMILES string of the molecule is CCC1(C(=O)N2CCN(Cc3ccc(Cl)s3)CC2)CCCN1. The van der Waals surface area contributed by atoms with E-state index < -0.39 is 0 Å². The van der Waals surface area contributed by atoms with Gasteiger partial charge < -0.3 is 10.2 Å². The number of hydrogen-bond donors (Lipinski definition) is 1. The lowest BCUT2D eigenvalue weighted by molar-refractivity contribution is -0.139. The summed E-state index contributed by atoms with van der Waals surface area (Å²) in [6, 6.07) is 4.05. The summed E-state index contributed by atoms with van der Waals surface area (Å²) >= 11 is 7.63. The zero-order valence-electron chi connectivity index (χ0n) is 13.1. The number of amides is 1. The number of hydrogen-bond acceptors (Lipinski definition) is 4. The van der Waals surface area contributed by atoms with Crippen LogP contribution in [0.1, 0.15) is 31.1 Å². The maximum absolute atomic E-state index is 12.9. The van der Waals surface area contributed by atoms with Gasteiger partial charge >= 0.3 is 0 Å². The summed E-state index contributed by atoms with van der Waals surface area (Å²) in [5, 5.41) is 3.45. The first-order chi connectivity index (χ1) is 10.6. The molecule has 1 amide bonds. The fourth-order valence-electron chi connectivity index (χ4n) is 3.51. The van der Waals surface area contributed by atoms with E-state index in [0.717, 1.165) is 62.9 Å². The average molecular weight is 342 g/mol. The van der Waals surface area contributed by atoms with Gasteiger partial charge in [-0.25, -0.2) is 0 Å². The number of rotatable bonds is 4. The molecule has 2 fully saturated rings. The van der Waals surface area contributed by atoms with E-state index in [1.807, 2.05) is 6.07 Å². The molecule has 3 rings (SSSR count). The van der Waals surface area contributed by atoms with Crippen LogP contribution < -0.4 is 5.32 Å². The second-order valence-electron chi connectivity index (χ2n) is 6.24. The van der Waals surface area contributed by atoms with Crippen LogP contribution in [-0.2, 0) is 11.3 Å². The van der Waals surface area contributed by atoms with Crippen molar-refractivity contribution in [2.45, 2.75) is 38.3 Å². The van der Waals surface area contributed by atoms with Crippen molar-refractivity contribution in [2.24, 2.45) is 0 Å². The zero-order chi connectivity index (χ0) is 15.6. The molecule has 6 heteroatoms. The van der Waals surface area contributed by atoms with Crippen LogP contribution in [-0.4, -0.2) is 54.0 Å². The van der Waals surface area contributed by atoms with Crippen molar-refractivity contribution >= 4 is 28.8 Å². The minimum absolute atomic E-state index is 0.288. The molecule has 0 aromatic carbocycles. The number of carbonyl (C=O) groups is 1. The topological polar surface area (TPSA) is 35.6 Å². The summed E-state index contributed by atoms with van der Waals surface area (Å²) in [6.07, 6.45) is 2.98. The summed E-state index contributed by atoms with van der Waals surface area (Å²) in [4.78, 5) is 18.6. The molecule has 122 valence electrons. The zero-order valence-corrected chi connectivity index (χ0v) is 14.7. The van der Waals surface area contributed by atoms with Gasteiger partial charge in [0, 0.05) is 37.6 Å². The molecule has 1 N–H and O–H groups in total. The largest absolute Gasteiger partial charge is 0.339 e. The Balaban J connectivity index is 1.54. The smallest absolute Gasteiger partial charge is 0.242 e. The van der Waals surface area contributed by atoms with Crippen molar-refractivity contribution in [3.8, 4) is 0 Å². The molecule has 2 saturated heterocycles. The highest BCUT2D eigenvalue weighted by molar-refractivity contribution is 7.16. The predicted octanol–water partition coefficient (Wildman–Crippen LogP) is 2.58. The van der Waals surface area contributed by atoms with Gasteiger partial charge in [0.15, 0.2) is 0 Å². The first kappa shape index (κ1) is 16.2. The Morgan fingerprint density at radius 3 is 2.68 bits per heavy atom. The Kier molecular flexibility index (Phi) is 5.07. The summed E-state index contributed by atoms with van der Waals surface area (Å²) in [7, 11) is 0. The molecular weight excluding hydrogens is 318 g/mol. The monoisotopic (exact) mass is 341 g/mol. The van der Waals surface area contributed by atoms with E-state index in [0.29, 0.717) is 5.91 Å². The number of nitrogens with zero attached hydrogens (tertiary/aromatic N) is 2. The lowest BCUT2D eigenvalue weighted by atomic mass is 9.92. The van der Waals surface area contributed by atoms with Crippen LogP contribution in [0, 0.1) is 0 Å². The second kappa shape index (κ2) is 6.87. The van der Waals surface area contributed by atoms with Gasteiger partial charge in [-0.1, -0.05) is 18.5 Å². The van der Waals surface area contributed by atoms with Crippen molar-refractivity contribution < 1.29 is 4.79 Å². The van der Waals surface area contributed by atoms with Gasteiger partial charge in [-0.15, -0.1) is 11.3 Å². The van der Waals surface area contributed by atoms with Crippen LogP contribution in [0.4, 0.5) is 0 Å². The third-order valence-corrected chi connectivity index (χ3v) is 6.14. The molecular formula is C16H24ClN3OS. The lowest BCUT2D eigenvalue weighted by Crippen LogP contribution is -2.58. The molecule has 0 bridgehead atoms. The minimum atomic E-state index is -0.288. The number of carbonyl (C=O) groups excluding carboxylic acids is 1. The van der Waals surface area contributed by atoms with E-state index in [9.17, 15) is 4.79 Å². The Labute approximate surface area is 141 Å². The predicted molar refractivity (Wildman–Crippen MR) is 91.4 cm³/mol. The highest BCUT2D eigenvalue weighted by Gasteiger charge is 2.42. The highest BCUT2D eigenvalue weighted by Crippen LogP contribution is 2.27. The molecule has 0 aliphatic carbocycles. The molecule has 0 radical (unpaired) electrons. The van der Waals surface area contributed by atoms with Crippen LogP contribution in [0.2, 0.25) is 4.34 Å². The maximum atomic E-state index is 12.9. The lowest BCUT2D eigenvalue weighted by Gasteiger charge is -2.39. The van der Waals surface area contributed by atoms with Crippen LogP contribution in [0.5, 0.6) is 0 Å².